The smallest absolute Gasteiger partial charge is 0.287 e. The highest BCUT2D eigenvalue weighted by Gasteiger charge is 2.12. The molecule has 1 aromatic heterocycles. The summed E-state index contributed by atoms with van der Waals surface area (Å²) in [4.78, 5) is 12.4. The van der Waals surface area contributed by atoms with Crippen LogP contribution >= 0.6 is 23.8 Å². The van der Waals surface area contributed by atoms with Crippen molar-refractivity contribution in [1.82, 2.24) is 9.78 Å². The fourth-order valence-electron chi connectivity index (χ4n) is 2.24. The van der Waals surface area contributed by atoms with Gasteiger partial charge in [0.15, 0.2) is 6.61 Å². The number of benzene rings is 2. The van der Waals surface area contributed by atoms with Gasteiger partial charge in [-0.1, -0.05) is 35.9 Å². The molecular formula is C18H16ClN3O3S. The lowest BCUT2D eigenvalue weighted by atomic mass is 10.2. The highest BCUT2D eigenvalue weighted by atomic mass is 35.5. The standard InChI is InChI=1S/C18H16ClN3O3S/c1-12-14(19)8-5-9-15(12)20-16(23)10-22-18(26)25-17(21-22)11-24-13-6-3-2-4-7-13/h2-9H,10-11H2,1H3,(H,20,23). The van der Waals surface area contributed by atoms with Gasteiger partial charge in [-0.3, -0.25) is 4.79 Å². The summed E-state index contributed by atoms with van der Waals surface area (Å²) in [5.74, 6) is 0.707. The Kier molecular flexibility index (Phi) is 5.70. The van der Waals surface area contributed by atoms with E-state index in [1.807, 2.05) is 37.3 Å². The number of carbonyl (C=O) groups is 1. The first-order valence-corrected chi connectivity index (χ1v) is 8.61. The number of halogens is 1. The van der Waals surface area contributed by atoms with Crippen LogP contribution < -0.4 is 10.1 Å². The largest absolute Gasteiger partial charge is 0.484 e. The van der Waals surface area contributed by atoms with Crippen molar-refractivity contribution in [3.8, 4) is 5.75 Å². The van der Waals surface area contributed by atoms with Gasteiger partial charge in [0, 0.05) is 10.7 Å². The molecule has 1 heterocycles. The third kappa shape index (κ3) is 4.50. The summed E-state index contributed by atoms with van der Waals surface area (Å²) in [6.07, 6.45) is 0. The molecule has 1 N–H and O–H groups in total. The zero-order valence-electron chi connectivity index (χ0n) is 13.9. The van der Waals surface area contributed by atoms with E-state index in [1.165, 1.54) is 4.68 Å². The summed E-state index contributed by atoms with van der Waals surface area (Å²) < 4.78 is 12.2. The van der Waals surface area contributed by atoms with Crippen LogP contribution in [0.4, 0.5) is 5.69 Å². The molecule has 6 nitrogen and oxygen atoms in total. The van der Waals surface area contributed by atoms with Crippen LogP contribution in [0.25, 0.3) is 0 Å². The van der Waals surface area contributed by atoms with E-state index in [0.29, 0.717) is 22.4 Å². The van der Waals surface area contributed by atoms with E-state index < -0.39 is 0 Å². The summed E-state index contributed by atoms with van der Waals surface area (Å²) in [7, 11) is 0. The maximum atomic E-state index is 12.3. The molecule has 1 amide bonds. The first-order chi connectivity index (χ1) is 12.5. The maximum Gasteiger partial charge on any atom is 0.287 e. The Morgan fingerprint density at radius 3 is 2.81 bits per heavy atom. The minimum atomic E-state index is -0.282. The molecule has 0 aliphatic carbocycles. The molecule has 8 heteroatoms. The average Bonchev–Trinajstić information content (AvgIpc) is 2.97. The highest BCUT2D eigenvalue weighted by Crippen LogP contribution is 2.22. The molecule has 3 aromatic rings. The molecule has 0 saturated carbocycles. The molecule has 0 spiro atoms. The lowest BCUT2D eigenvalue weighted by molar-refractivity contribution is -0.117. The number of nitrogens with zero attached hydrogens (tertiary/aromatic N) is 2. The summed E-state index contributed by atoms with van der Waals surface area (Å²) in [6, 6.07) is 14.6. The number of hydrogen-bond donors (Lipinski definition) is 1. The van der Waals surface area contributed by atoms with Gasteiger partial charge < -0.3 is 14.5 Å². The molecule has 0 unspecified atom stereocenters. The van der Waals surface area contributed by atoms with Gasteiger partial charge in [0.2, 0.25) is 5.91 Å². The van der Waals surface area contributed by atoms with Crippen molar-refractivity contribution in [3.63, 3.8) is 0 Å². The molecule has 0 fully saturated rings. The van der Waals surface area contributed by atoms with Gasteiger partial charge in [-0.05, 0) is 49.0 Å². The van der Waals surface area contributed by atoms with Crippen LogP contribution in [0.15, 0.2) is 52.9 Å². The van der Waals surface area contributed by atoms with Gasteiger partial charge in [-0.25, -0.2) is 4.68 Å². The van der Waals surface area contributed by atoms with Gasteiger partial charge in [-0.2, -0.15) is 0 Å². The van der Waals surface area contributed by atoms with Gasteiger partial charge in [0.25, 0.3) is 10.7 Å². The Bertz CT molecular complexity index is 969. The number of hydrogen-bond acceptors (Lipinski definition) is 5. The zero-order chi connectivity index (χ0) is 18.5. The number of ether oxygens (including phenoxy) is 1. The van der Waals surface area contributed by atoms with E-state index in [9.17, 15) is 4.79 Å². The Morgan fingerprint density at radius 2 is 2.04 bits per heavy atom. The molecule has 0 aliphatic heterocycles. The molecule has 2 aromatic carbocycles. The molecule has 0 radical (unpaired) electrons. The fraction of sp³-hybridized carbons (Fsp3) is 0.167. The Morgan fingerprint density at radius 1 is 1.27 bits per heavy atom. The molecule has 0 bridgehead atoms. The van der Waals surface area contributed by atoms with Crippen LogP contribution in [0.5, 0.6) is 5.75 Å². The van der Waals surface area contributed by atoms with Crippen molar-refractivity contribution in [3.05, 3.63) is 69.8 Å². The lowest BCUT2D eigenvalue weighted by Crippen LogP contribution is -2.20. The number of amides is 1. The molecule has 0 atom stereocenters. The number of carbonyl (C=O) groups excluding carboxylic acids is 1. The predicted octanol–water partition coefficient (Wildman–Crippen LogP) is 4.39. The van der Waals surface area contributed by atoms with E-state index in [4.69, 9.17) is 33.0 Å². The second-order valence-electron chi connectivity index (χ2n) is 5.48. The molecule has 134 valence electrons. The first kappa shape index (κ1) is 18.2. The SMILES string of the molecule is Cc1c(Cl)cccc1NC(=O)Cn1nc(COc2ccccc2)oc1=S. The quantitative estimate of drug-likeness (QED) is 0.633. The van der Waals surface area contributed by atoms with Crippen molar-refractivity contribution in [2.45, 2.75) is 20.1 Å². The van der Waals surface area contributed by atoms with Crippen LogP contribution in [-0.4, -0.2) is 15.7 Å². The molecule has 3 rings (SSSR count). The highest BCUT2D eigenvalue weighted by molar-refractivity contribution is 7.71. The van der Waals surface area contributed by atoms with Crippen molar-refractivity contribution in [2.75, 3.05) is 5.32 Å². The second kappa shape index (κ2) is 8.16. The van der Waals surface area contributed by atoms with E-state index in [-0.39, 0.29) is 23.9 Å². The Labute approximate surface area is 160 Å². The molecule has 26 heavy (non-hydrogen) atoms. The van der Waals surface area contributed by atoms with E-state index >= 15 is 0 Å². The first-order valence-electron chi connectivity index (χ1n) is 7.82. The topological polar surface area (TPSA) is 69.3 Å². The number of anilines is 1. The van der Waals surface area contributed by atoms with Crippen molar-refractivity contribution in [2.24, 2.45) is 0 Å². The molecule has 0 aliphatic rings. The fourth-order valence-corrected chi connectivity index (χ4v) is 2.61. The predicted molar refractivity (Wildman–Crippen MR) is 101 cm³/mol. The van der Waals surface area contributed by atoms with E-state index in [2.05, 4.69) is 10.4 Å². The Hall–Kier alpha value is -2.64. The zero-order valence-corrected chi connectivity index (χ0v) is 15.5. The lowest BCUT2D eigenvalue weighted by Gasteiger charge is -2.09. The second-order valence-corrected chi connectivity index (χ2v) is 6.24. The average molecular weight is 390 g/mol. The summed E-state index contributed by atoms with van der Waals surface area (Å²) in [6.45, 7) is 1.88. The third-order valence-corrected chi connectivity index (χ3v) is 4.29. The number of rotatable bonds is 6. The Balaban J connectivity index is 1.63. The van der Waals surface area contributed by atoms with Crippen molar-refractivity contribution >= 4 is 35.4 Å². The van der Waals surface area contributed by atoms with Gasteiger partial charge >= 0.3 is 0 Å². The summed E-state index contributed by atoms with van der Waals surface area (Å²) in [5.41, 5.74) is 1.44. The van der Waals surface area contributed by atoms with Crippen LogP contribution in [0.3, 0.4) is 0 Å². The van der Waals surface area contributed by atoms with Crippen LogP contribution in [-0.2, 0) is 17.9 Å². The number of nitrogens with one attached hydrogen (secondary N) is 1. The molecular weight excluding hydrogens is 374 g/mol. The molecule has 0 saturated heterocycles. The van der Waals surface area contributed by atoms with Gasteiger partial charge in [0.1, 0.15) is 12.3 Å². The van der Waals surface area contributed by atoms with Gasteiger partial charge in [-0.15, -0.1) is 5.10 Å². The maximum absolute atomic E-state index is 12.3. The summed E-state index contributed by atoms with van der Waals surface area (Å²) in [5, 5.41) is 7.56. The third-order valence-electron chi connectivity index (χ3n) is 3.59. The monoisotopic (exact) mass is 389 g/mol. The number of para-hydroxylation sites is 1. The van der Waals surface area contributed by atoms with Crippen LogP contribution in [0, 0.1) is 11.8 Å². The van der Waals surface area contributed by atoms with E-state index in [1.54, 1.807) is 18.2 Å². The minimum Gasteiger partial charge on any atom is -0.484 e. The number of aromatic nitrogens is 2. The summed E-state index contributed by atoms with van der Waals surface area (Å²) >= 11 is 11.2. The van der Waals surface area contributed by atoms with Crippen molar-refractivity contribution in [1.29, 1.82) is 0 Å². The van der Waals surface area contributed by atoms with Crippen LogP contribution in [0.1, 0.15) is 11.5 Å². The van der Waals surface area contributed by atoms with Gasteiger partial charge in [0.05, 0.1) is 0 Å². The van der Waals surface area contributed by atoms with Crippen LogP contribution in [0.2, 0.25) is 5.02 Å². The minimum absolute atomic E-state index is 0.0698. The normalized spacial score (nSPS) is 10.5. The van der Waals surface area contributed by atoms with Crippen molar-refractivity contribution < 1.29 is 13.9 Å². The van der Waals surface area contributed by atoms with E-state index in [0.717, 1.165) is 5.56 Å².